The second-order valence-corrected chi connectivity index (χ2v) is 6.66. The van der Waals surface area contributed by atoms with E-state index in [2.05, 4.69) is 25.2 Å². The number of halogens is 1. The lowest BCUT2D eigenvalue weighted by atomic mass is 9.96. The van der Waals surface area contributed by atoms with Crippen molar-refractivity contribution in [2.24, 2.45) is 5.92 Å². The van der Waals surface area contributed by atoms with Gasteiger partial charge >= 0.3 is 0 Å². The van der Waals surface area contributed by atoms with Gasteiger partial charge in [-0.2, -0.15) is 4.37 Å². The molecule has 2 aliphatic rings. The van der Waals surface area contributed by atoms with Crippen molar-refractivity contribution in [2.45, 2.75) is 38.0 Å². The number of aromatic nitrogens is 2. The molecule has 0 radical (unpaired) electrons. The summed E-state index contributed by atoms with van der Waals surface area (Å²) in [6.45, 7) is 2.34. The highest BCUT2D eigenvalue weighted by Gasteiger charge is 2.29. The topological polar surface area (TPSA) is 29.0 Å². The molecule has 94 valence electrons. The van der Waals surface area contributed by atoms with Gasteiger partial charge in [0, 0.05) is 35.9 Å². The van der Waals surface area contributed by atoms with Crippen molar-refractivity contribution in [1.29, 1.82) is 0 Å². The zero-order valence-electron chi connectivity index (χ0n) is 9.94. The van der Waals surface area contributed by atoms with Gasteiger partial charge in [-0.25, -0.2) is 4.98 Å². The minimum absolute atomic E-state index is 0.683. The fourth-order valence-corrected chi connectivity index (χ4v) is 3.92. The van der Waals surface area contributed by atoms with Crippen molar-refractivity contribution in [3.63, 3.8) is 0 Å². The second kappa shape index (κ2) is 5.22. The highest BCUT2D eigenvalue weighted by atomic mass is 79.9. The molecular formula is C12H18BrN3S. The predicted molar refractivity (Wildman–Crippen MR) is 75.2 cm³/mol. The fourth-order valence-electron chi connectivity index (χ4n) is 2.49. The van der Waals surface area contributed by atoms with Gasteiger partial charge in [0.2, 0.25) is 5.13 Å². The van der Waals surface area contributed by atoms with Crippen LogP contribution in [0.15, 0.2) is 0 Å². The molecule has 0 bridgehead atoms. The molecule has 1 unspecified atom stereocenters. The molecule has 1 saturated carbocycles. The lowest BCUT2D eigenvalue weighted by Crippen LogP contribution is -2.35. The van der Waals surface area contributed by atoms with E-state index in [1.54, 1.807) is 11.5 Å². The number of alkyl halides is 1. The molecule has 3 nitrogen and oxygen atoms in total. The Kier molecular flexibility index (Phi) is 3.66. The minimum atomic E-state index is 0.683. The van der Waals surface area contributed by atoms with E-state index in [0.29, 0.717) is 5.92 Å². The van der Waals surface area contributed by atoms with Gasteiger partial charge in [-0.15, -0.1) is 0 Å². The number of hydrogen-bond donors (Lipinski definition) is 0. The maximum absolute atomic E-state index is 4.71. The fraction of sp³-hybridized carbons (Fsp3) is 0.833. The molecular weight excluding hydrogens is 298 g/mol. The summed E-state index contributed by atoms with van der Waals surface area (Å²) in [7, 11) is 0. The minimum Gasteiger partial charge on any atom is -0.347 e. The number of piperidine rings is 1. The molecule has 1 aliphatic heterocycles. The lowest BCUT2D eigenvalue weighted by Gasteiger charge is -2.31. The molecule has 0 N–H and O–H groups in total. The molecule has 0 spiro atoms. The van der Waals surface area contributed by atoms with Crippen LogP contribution in [0.3, 0.4) is 0 Å². The smallest absolute Gasteiger partial charge is 0.205 e. The third kappa shape index (κ3) is 2.81. The van der Waals surface area contributed by atoms with Gasteiger partial charge in [-0.1, -0.05) is 15.9 Å². The molecule has 1 atom stereocenters. The average molecular weight is 316 g/mol. The number of anilines is 1. The molecule has 0 aromatic carbocycles. The highest BCUT2D eigenvalue weighted by molar-refractivity contribution is 9.09. The van der Waals surface area contributed by atoms with Crippen molar-refractivity contribution in [2.75, 3.05) is 23.3 Å². The molecule has 0 amide bonds. The van der Waals surface area contributed by atoms with Gasteiger partial charge in [-0.3, -0.25) is 0 Å². The highest BCUT2D eigenvalue weighted by Crippen LogP contribution is 2.40. The van der Waals surface area contributed by atoms with Gasteiger partial charge in [0.1, 0.15) is 5.82 Å². The Morgan fingerprint density at radius 1 is 1.35 bits per heavy atom. The van der Waals surface area contributed by atoms with Crippen LogP contribution in [0.1, 0.15) is 43.8 Å². The first-order valence-electron chi connectivity index (χ1n) is 6.51. The maximum Gasteiger partial charge on any atom is 0.205 e. The van der Waals surface area contributed by atoms with Crippen molar-refractivity contribution >= 4 is 32.6 Å². The monoisotopic (exact) mass is 315 g/mol. The average Bonchev–Trinajstić information content (AvgIpc) is 3.08. The summed E-state index contributed by atoms with van der Waals surface area (Å²) in [5.74, 6) is 2.62. The van der Waals surface area contributed by atoms with Crippen molar-refractivity contribution in [1.82, 2.24) is 9.36 Å². The molecule has 17 heavy (non-hydrogen) atoms. The summed E-state index contributed by atoms with van der Waals surface area (Å²) < 4.78 is 4.50. The quantitative estimate of drug-likeness (QED) is 0.797. The Hall–Kier alpha value is -0.160. The lowest BCUT2D eigenvalue weighted by molar-refractivity contribution is 0.407. The van der Waals surface area contributed by atoms with Gasteiger partial charge in [0.15, 0.2) is 0 Å². The first-order valence-corrected chi connectivity index (χ1v) is 8.41. The summed E-state index contributed by atoms with van der Waals surface area (Å²) in [6, 6.07) is 0. The van der Waals surface area contributed by atoms with Crippen molar-refractivity contribution in [3.8, 4) is 0 Å². The Balaban J connectivity index is 1.65. The molecule has 5 heteroatoms. The summed E-state index contributed by atoms with van der Waals surface area (Å²) in [5, 5.41) is 2.28. The van der Waals surface area contributed by atoms with E-state index in [4.69, 9.17) is 4.98 Å². The van der Waals surface area contributed by atoms with Crippen LogP contribution < -0.4 is 4.90 Å². The Morgan fingerprint density at radius 2 is 2.24 bits per heavy atom. The molecule has 1 aromatic heterocycles. The van der Waals surface area contributed by atoms with Crippen molar-refractivity contribution < 1.29 is 0 Å². The third-order valence-corrected chi connectivity index (χ3v) is 4.93. The zero-order chi connectivity index (χ0) is 11.7. The third-order valence-electron chi connectivity index (χ3n) is 3.68. The van der Waals surface area contributed by atoms with E-state index in [1.807, 2.05) is 0 Å². The number of rotatable bonds is 4. The summed E-state index contributed by atoms with van der Waals surface area (Å²) in [5.41, 5.74) is 0. The van der Waals surface area contributed by atoms with Crippen LogP contribution in [0, 0.1) is 5.92 Å². The van der Waals surface area contributed by atoms with Crippen LogP contribution >= 0.6 is 27.5 Å². The first-order chi connectivity index (χ1) is 8.36. The number of hydrogen-bond acceptors (Lipinski definition) is 4. The van der Waals surface area contributed by atoms with E-state index in [1.165, 1.54) is 38.6 Å². The van der Waals surface area contributed by atoms with Crippen LogP contribution in [-0.2, 0) is 0 Å². The Bertz CT molecular complexity index is 376. The van der Waals surface area contributed by atoms with E-state index in [0.717, 1.165) is 28.7 Å². The molecule has 2 fully saturated rings. The van der Waals surface area contributed by atoms with Crippen LogP contribution in [0.25, 0.3) is 0 Å². The zero-order valence-corrected chi connectivity index (χ0v) is 12.3. The second-order valence-electron chi connectivity index (χ2n) is 5.14. The van der Waals surface area contributed by atoms with E-state index in [9.17, 15) is 0 Å². The van der Waals surface area contributed by atoms with Crippen molar-refractivity contribution in [3.05, 3.63) is 5.82 Å². The Labute approximate surface area is 115 Å². The molecule has 3 rings (SSSR count). The van der Waals surface area contributed by atoms with Crippen LogP contribution in [0.2, 0.25) is 0 Å². The van der Waals surface area contributed by atoms with Crippen LogP contribution in [0.5, 0.6) is 0 Å². The molecule has 1 aliphatic carbocycles. The van der Waals surface area contributed by atoms with E-state index >= 15 is 0 Å². The largest absolute Gasteiger partial charge is 0.347 e. The maximum atomic E-state index is 4.71. The SMILES string of the molecule is BrCCC1CCCN(c2nc(C3CC3)ns2)C1. The normalized spacial score (nSPS) is 25.2. The predicted octanol–water partition coefficient (Wildman–Crippen LogP) is 3.42. The van der Waals surface area contributed by atoms with Gasteiger partial charge in [-0.05, 0) is 38.0 Å². The van der Waals surface area contributed by atoms with E-state index < -0.39 is 0 Å². The first kappa shape index (κ1) is 11.9. The standard InChI is InChI=1S/C12H18BrN3S/c13-6-5-9-2-1-7-16(8-9)12-14-11(15-17-12)10-3-4-10/h9-10H,1-8H2. The van der Waals surface area contributed by atoms with Gasteiger partial charge < -0.3 is 4.90 Å². The van der Waals surface area contributed by atoms with Crippen LogP contribution in [0.4, 0.5) is 5.13 Å². The van der Waals surface area contributed by atoms with Gasteiger partial charge in [0.25, 0.3) is 0 Å². The molecule has 2 heterocycles. The number of nitrogens with zero attached hydrogens (tertiary/aromatic N) is 3. The Morgan fingerprint density at radius 3 is 3.00 bits per heavy atom. The molecule has 1 aromatic rings. The summed E-state index contributed by atoms with van der Waals surface area (Å²) in [6.07, 6.45) is 6.54. The molecule has 1 saturated heterocycles. The summed E-state index contributed by atoms with van der Waals surface area (Å²) in [4.78, 5) is 7.16. The summed E-state index contributed by atoms with van der Waals surface area (Å²) >= 11 is 5.15. The van der Waals surface area contributed by atoms with Gasteiger partial charge in [0.05, 0.1) is 0 Å². The van der Waals surface area contributed by atoms with Crippen LogP contribution in [-0.4, -0.2) is 27.8 Å². The van der Waals surface area contributed by atoms with E-state index in [-0.39, 0.29) is 0 Å².